The number of aromatic nitrogens is 2. The second kappa shape index (κ2) is 8.36. The summed E-state index contributed by atoms with van der Waals surface area (Å²) in [6.07, 6.45) is 7.46. The lowest BCUT2D eigenvalue weighted by atomic mass is 9.86. The molecule has 1 amide bonds. The molecule has 2 aromatic rings. The number of methoxy groups -OCH3 is 2. The molecule has 140 valence electrons. The topological polar surface area (TPSA) is 65.4 Å². The molecule has 1 aromatic carbocycles. The number of imidazole rings is 1. The lowest BCUT2D eigenvalue weighted by molar-refractivity contribution is -0.127. The minimum Gasteiger partial charge on any atom is -0.496 e. The fraction of sp³-hybridized carbons (Fsp3) is 0.500. The summed E-state index contributed by atoms with van der Waals surface area (Å²) in [6.45, 7) is 0. The van der Waals surface area contributed by atoms with Gasteiger partial charge in [-0.15, -0.1) is 0 Å². The fourth-order valence-electron chi connectivity index (χ4n) is 3.66. The highest BCUT2D eigenvalue weighted by Crippen LogP contribution is 2.31. The summed E-state index contributed by atoms with van der Waals surface area (Å²) in [6, 6.07) is 7.40. The van der Waals surface area contributed by atoms with Crippen molar-refractivity contribution in [3.8, 4) is 5.75 Å². The summed E-state index contributed by atoms with van der Waals surface area (Å²) >= 11 is 0. The van der Waals surface area contributed by atoms with E-state index in [1.165, 1.54) is 0 Å². The van der Waals surface area contributed by atoms with Gasteiger partial charge in [-0.05, 0) is 31.7 Å². The third kappa shape index (κ3) is 3.90. The monoisotopic (exact) mass is 357 g/mol. The van der Waals surface area contributed by atoms with Crippen LogP contribution < -0.4 is 10.1 Å². The summed E-state index contributed by atoms with van der Waals surface area (Å²) < 4.78 is 12.9. The van der Waals surface area contributed by atoms with E-state index in [4.69, 9.17) is 9.47 Å². The van der Waals surface area contributed by atoms with Gasteiger partial charge in [0.15, 0.2) is 0 Å². The number of carbonyl (C=O) groups excluding carboxylic acids is 1. The van der Waals surface area contributed by atoms with Crippen LogP contribution >= 0.6 is 0 Å². The summed E-state index contributed by atoms with van der Waals surface area (Å²) in [5, 5.41) is 3.21. The Morgan fingerprint density at radius 1 is 1.23 bits per heavy atom. The van der Waals surface area contributed by atoms with Crippen LogP contribution in [0.4, 0.5) is 0 Å². The van der Waals surface area contributed by atoms with E-state index in [1.807, 2.05) is 42.1 Å². The Labute approximate surface area is 154 Å². The maximum absolute atomic E-state index is 13.0. The van der Waals surface area contributed by atoms with Gasteiger partial charge in [0.2, 0.25) is 5.91 Å². The molecule has 1 N–H and O–H groups in total. The summed E-state index contributed by atoms with van der Waals surface area (Å²) in [7, 11) is 5.31. The number of aryl methyl sites for hydroxylation is 1. The van der Waals surface area contributed by atoms with E-state index in [9.17, 15) is 4.79 Å². The molecule has 1 aliphatic rings. The Morgan fingerprint density at radius 3 is 2.58 bits per heavy atom. The predicted octanol–water partition coefficient (Wildman–Crippen LogP) is 2.84. The smallest absolute Gasteiger partial charge is 0.223 e. The van der Waals surface area contributed by atoms with Gasteiger partial charge in [-0.3, -0.25) is 4.79 Å². The van der Waals surface area contributed by atoms with Crippen LogP contribution in [-0.2, 0) is 16.6 Å². The Balaban J connectivity index is 1.83. The van der Waals surface area contributed by atoms with Crippen LogP contribution in [0.2, 0.25) is 0 Å². The van der Waals surface area contributed by atoms with E-state index in [0.29, 0.717) is 0 Å². The third-order valence-corrected chi connectivity index (χ3v) is 5.23. The number of benzene rings is 1. The molecule has 1 heterocycles. The first-order valence-electron chi connectivity index (χ1n) is 9.07. The molecule has 0 spiro atoms. The molecule has 6 nitrogen and oxygen atoms in total. The first-order chi connectivity index (χ1) is 12.6. The molecule has 1 aromatic heterocycles. The highest BCUT2D eigenvalue weighted by molar-refractivity contribution is 5.79. The minimum atomic E-state index is -0.348. The van der Waals surface area contributed by atoms with Crippen molar-refractivity contribution >= 4 is 5.91 Å². The van der Waals surface area contributed by atoms with Crippen molar-refractivity contribution in [1.29, 1.82) is 0 Å². The van der Waals surface area contributed by atoms with Crippen molar-refractivity contribution in [3.05, 3.63) is 48.0 Å². The molecule has 0 radical (unpaired) electrons. The largest absolute Gasteiger partial charge is 0.496 e. The predicted molar refractivity (Wildman–Crippen MR) is 98.9 cm³/mol. The first kappa shape index (κ1) is 18.5. The summed E-state index contributed by atoms with van der Waals surface area (Å²) in [5.41, 5.74) is 0.906. The van der Waals surface area contributed by atoms with Crippen molar-refractivity contribution in [1.82, 2.24) is 14.9 Å². The molecule has 0 aliphatic heterocycles. The minimum absolute atomic E-state index is 0.0128. The van der Waals surface area contributed by atoms with Gasteiger partial charge in [0.05, 0.1) is 13.2 Å². The average molecular weight is 357 g/mol. The quantitative estimate of drug-likeness (QED) is 0.863. The lowest BCUT2D eigenvalue weighted by Crippen LogP contribution is -2.38. The molecule has 0 unspecified atom stereocenters. The Bertz CT molecular complexity index is 735. The number of rotatable bonds is 6. The van der Waals surface area contributed by atoms with Crippen LogP contribution in [0.5, 0.6) is 5.75 Å². The maximum Gasteiger partial charge on any atom is 0.223 e. The Hall–Kier alpha value is -2.34. The van der Waals surface area contributed by atoms with E-state index in [-0.39, 0.29) is 24.0 Å². The number of hydrogen-bond acceptors (Lipinski definition) is 4. The third-order valence-electron chi connectivity index (χ3n) is 5.23. The van der Waals surface area contributed by atoms with Gasteiger partial charge >= 0.3 is 0 Å². The molecule has 1 fully saturated rings. The number of nitrogens with one attached hydrogen (secondary N) is 1. The summed E-state index contributed by atoms with van der Waals surface area (Å²) in [5.74, 6) is 1.61. The fourth-order valence-corrected chi connectivity index (χ4v) is 3.66. The van der Waals surface area contributed by atoms with E-state index >= 15 is 0 Å². The van der Waals surface area contributed by atoms with Gasteiger partial charge in [-0.2, -0.15) is 0 Å². The Morgan fingerprint density at radius 2 is 1.96 bits per heavy atom. The van der Waals surface area contributed by atoms with Crippen molar-refractivity contribution in [2.75, 3.05) is 14.2 Å². The number of amides is 1. The second-order valence-corrected chi connectivity index (χ2v) is 6.79. The van der Waals surface area contributed by atoms with Crippen LogP contribution in [0.3, 0.4) is 0 Å². The van der Waals surface area contributed by atoms with Crippen LogP contribution in [0.1, 0.15) is 43.1 Å². The summed E-state index contributed by atoms with van der Waals surface area (Å²) in [4.78, 5) is 17.4. The van der Waals surface area contributed by atoms with Gasteiger partial charge in [0.1, 0.15) is 17.6 Å². The van der Waals surface area contributed by atoms with E-state index in [0.717, 1.165) is 42.8 Å². The van der Waals surface area contributed by atoms with Crippen molar-refractivity contribution < 1.29 is 14.3 Å². The Kier molecular flexibility index (Phi) is 5.93. The molecule has 1 saturated carbocycles. The van der Waals surface area contributed by atoms with Crippen molar-refractivity contribution in [2.24, 2.45) is 13.0 Å². The first-order valence-corrected chi connectivity index (χ1v) is 9.07. The standard InChI is InChI=1S/C20H27N3O3/c1-23-13-12-21-19(23)18(16-6-4-5-7-17(16)26-3)22-20(24)14-8-10-15(25-2)11-9-14/h4-7,12-15,18H,8-11H2,1-3H3,(H,22,24)/t14?,15?,18-/m1/s1. The molecule has 26 heavy (non-hydrogen) atoms. The number of ether oxygens (including phenoxy) is 2. The zero-order valence-corrected chi connectivity index (χ0v) is 15.6. The van der Waals surface area contributed by atoms with Crippen LogP contribution in [0.15, 0.2) is 36.7 Å². The SMILES string of the molecule is COc1ccccc1[C@@H](NC(=O)C1CCC(OC)CC1)c1nccn1C. The second-order valence-electron chi connectivity index (χ2n) is 6.79. The highest BCUT2D eigenvalue weighted by Gasteiger charge is 2.30. The van der Waals surface area contributed by atoms with Gasteiger partial charge < -0.3 is 19.4 Å². The molecular weight excluding hydrogens is 330 g/mol. The van der Waals surface area contributed by atoms with Crippen molar-refractivity contribution in [2.45, 2.75) is 37.8 Å². The number of para-hydroxylation sites is 1. The number of nitrogens with zero attached hydrogens (tertiary/aromatic N) is 2. The average Bonchev–Trinajstić information content (AvgIpc) is 3.11. The van der Waals surface area contributed by atoms with Crippen molar-refractivity contribution in [3.63, 3.8) is 0 Å². The molecule has 0 bridgehead atoms. The van der Waals surface area contributed by atoms with Gasteiger partial charge in [0.25, 0.3) is 0 Å². The van der Waals surface area contributed by atoms with E-state index in [2.05, 4.69) is 10.3 Å². The lowest BCUT2D eigenvalue weighted by Gasteiger charge is -2.29. The highest BCUT2D eigenvalue weighted by atomic mass is 16.5. The molecule has 1 aliphatic carbocycles. The van der Waals surface area contributed by atoms with E-state index in [1.54, 1.807) is 20.4 Å². The molecule has 3 rings (SSSR count). The normalized spacial score (nSPS) is 21.2. The number of carbonyl (C=O) groups is 1. The van der Waals surface area contributed by atoms with E-state index < -0.39 is 0 Å². The van der Waals surface area contributed by atoms with Gasteiger partial charge in [-0.25, -0.2) is 4.98 Å². The molecule has 1 atom stereocenters. The van der Waals surface area contributed by atoms with Gasteiger partial charge in [-0.1, -0.05) is 18.2 Å². The molecular formula is C20H27N3O3. The number of hydrogen-bond donors (Lipinski definition) is 1. The zero-order chi connectivity index (χ0) is 18.5. The van der Waals surface area contributed by atoms with Crippen LogP contribution in [-0.4, -0.2) is 35.8 Å². The maximum atomic E-state index is 13.0. The zero-order valence-electron chi connectivity index (χ0n) is 15.6. The van der Waals surface area contributed by atoms with Crippen LogP contribution in [0.25, 0.3) is 0 Å². The molecule has 0 saturated heterocycles. The molecule has 6 heteroatoms. The van der Waals surface area contributed by atoms with Crippen LogP contribution in [0, 0.1) is 5.92 Å². The van der Waals surface area contributed by atoms with Gasteiger partial charge in [0, 0.05) is 38.0 Å².